The van der Waals surface area contributed by atoms with Crippen LogP contribution >= 0.6 is 0 Å². The summed E-state index contributed by atoms with van der Waals surface area (Å²) in [5.74, 6) is -1.36. The summed E-state index contributed by atoms with van der Waals surface area (Å²) in [5, 5.41) is 8.92. The number of hydrogen-bond acceptors (Lipinski definition) is 5. The van der Waals surface area contributed by atoms with Crippen LogP contribution in [-0.2, 0) is 0 Å². The second-order valence-electron chi connectivity index (χ2n) is 9.41. The molecule has 1 saturated heterocycles. The molecule has 2 unspecified atom stereocenters. The fourth-order valence-corrected chi connectivity index (χ4v) is 5.13. The van der Waals surface area contributed by atoms with Gasteiger partial charge in [0.05, 0.1) is 17.9 Å². The number of hydrogen-bond donors (Lipinski definition) is 3. The monoisotopic (exact) mass is 456 g/mol. The van der Waals surface area contributed by atoms with E-state index in [0.29, 0.717) is 36.4 Å². The summed E-state index contributed by atoms with van der Waals surface area (Å²) in [4.78, 5) is 21.1. The van der Waals surface area contributed by atoms with Crippen molar-refractivity contribution in [1.82, 2.24) is 25.0 Å². The van der Waals surface area contributed by atoms with Crippen molar-refractivity contribution in [1.29, 1.82) is 0 Å². The van der Waals surface area contributed by atoms with E-state index < -0.39 is 23.8 Å². The molecule has 2 atom stereocenters. The first kappa shape index (κ1) is 20.5. The predicted molar refractivity (Wildman–Crippen MR) is 116 cm³/mol. The summed E-state index contributed by atoms with van der Waals surface area (Å²) in [6.07, 6.45) is 5.31. The summed E-state index contributed by atoms with van der Waals surface area (Å²) in [6.45, 7) is 0.866. The van der Waals surface area contributed by atoms with E-state index in [2.05, 4.69) is 25.9 Å². The van der Waals surface area contributed by atoms with Gasteiger partial charge in [-0.25, -0.2) is 23.1 Å². The summed E-state index contributed by atoms with van der Waals surface area (Å²) in [5.41, 5.74) is 1.06. The Morgan fingerprint density at radius 3 is 2.76 bits per heavy atom. The Morgan fingerprint density at radius 1 is 1.21 bits per heavy atom. The van der Waals surface area contributed by atoms with E-state index in [-0.39, 0.29) is 23.0 Å². The minimum atomic E-state index is -1.16. The van der Waals surface area contributed by atoms with Crippen LogP contribution < -0.4 is 16.0 Å². The largest absolute Gasteiger partial charge is 0.361 e. The van der Waals surface area contributed by atoms with Crippen molar-refractivity contribution < 1.29 is 18.0 Å². The van der Waals surface area contributed by atoms with Gasteiger partial charge in [-0.2, -0.15) is 0 Å². The third-order valence-corrected chi connectivity index (χ3v) is 7.08. The lowest BCUT2D eigenvalue weighted by atomic mass is 9.50. The van der Waals surface area contributed by atoms with Gasteiger partial charge in [0.15, 0.2) is 17.5 Å². The van der Waals surface area contributed by atoms with Gasteiger partial charge in [-0.05, 0) is 50.3 Å². The quantitative estimate of drug-likeness (QED) is 0.550. The minimum Gasteiger partial charge on any atom is -0.361 e. The molecule has 2 bridgehead atoms. The first-order chi connectivity index (χ1) is 15.9. The number of halogens is 3. The molecule has 7 nitrogen and oxygen atoms in total. The number of carbonyl (C=O) groups is 1. The molecule has 3 aromatic rings. The van der Waals surface area contributed by atoms with Gasteiger partial charge < -0.3 is 16.0 Å². The molecule has 0 radical (unpaired) electrons. The third-order valence-electron chi connectivity index (χ3n) is 7.08. The van der Waals surface area contributed by atoms with Crippen molar-refractivity contribution in [3.05, 3.63) is 47.8 Å². The molecule has 4 aliphatic rings. The Balaban J connectivity index is 1.29. The standard InChI is InChI=1S/C23H23F3N6O/c24-14-1-3-27-10-17(14)29-21-16(26)6-15(25)20(30-21)18-11-28-19-5-13(2-4-32(18)19)22(33)31-23-7-12(8-23)9-23/h2,4-6,11-12,14,17,27H,1,3,7-10H2,(H,29,30)(H,31,33). The smallest absolute Gasteiger partial charge is 0.251 e. The van der Waals surface area contributed by atoms with E-state index in [9.17, 15) is 18.0 Å². The highest BCUT2D eigenvalue weighted by Crippen LogP contribution is 2.57. The number of nitrogens with one attached hydrogen (secondary N) is 3. The normalized spacial score (nSPS) is 28.2. The summed E-state index contributed by atoms with van der Waals surface area (Å²) in [7, 11) is 0. The van der Waals surface area contributed by atoms with Crippen molar-refractivity contribution in [2.45, 2.75) is 43.4 Å². The number of amides is 1. The Kier molecular flexibility index (Phi) is 4.62. The third kappa shape index (κ3) is 3.43. The zero-order valence-corrected chi connectivity index (χ0v) is 17.7. The number of carbonyl (C=O) groups excluding carboxylic acids is 1. The Hall–Kier alpha value is -3.14. The SMILES string of the molecule is O=C(NC12CC(C1)C2)c1ccn2c(-c3nc(NC4CNCCC4F)c(F)cc3F)cnc2c1. The molecule has 4 heterocycles. The van der Waals surface area contributed by atoms with Gasteiger partial charge in [0.1, 0.15) is 17.5 Å². The topological polar surface area (TPSA) is 83.4 Å². The van der Waals surface area contributed by atoms with Gasteiger partial charge in [0.2, 0.25) is 0 Å². The van der Waals surface area contributed by atoms with Crippen LogP contribution in [0.25, 0.3) is 17.0 Å². The summed E-state index contributed by atoms with van der Waals surface area (Å²) < 4.78 is 44.9. The Labute approximate surface area is 187 Å². The van der Waals surface area contributed by atoms with E-state index in [1.165, 1.54) is 6.20 Å². The van der Waals surface area contributed by atoms with E-state index in [4.69, 9.17) is 0 Å². The fourth-order valence-electron chi connectivity index (χ4n) is 5.13. The fraction of sp³-hybridized carbons (Fsp3) is 0.435. The maximum absolute atomic E-state index is 14.7. The number of aromatic nitrogens is 3. The van der Waals surface area contributed by atoms with Gasteiger partial charge in [0, 0.05) is 29.9 Å². The molecule has 0 spiro atoms. The highest BCUT2D eigenvalue weighted by atomic mass is 19.1. The lowest BCUT2D eigenvalue weighted by Crippen LogP contribution is -2.68. The zero-order chi connectivity index (χ0) is 22.7. The molecule has 7 rings (SSSR count). The van der Waals surface area contributed by atoms with Crippen molar-refractivity contribution in [2.75, 3.05) is 18.4 Å². The van der Waals surface area contributed by atoms with Crippen molar-refractivity contribution >= 4 is 17.4 Å². The average molecular weight is 456 g/mol. The van der Waals surface area contributed by atoms with Crippen LogP contribution in [0.3, 0.4) is 0 Å². The maximum atomic E-state index is 14.7. The molecule has 10 heteroatoms. The van der Waals surface area contributed by atoms with Crippen LogP contribution in [0.15, 0.2) is 30.6 Å². The molecule has 0 aromatic carbocycles. The van der Waals surface area contributed by atoms with Crippen LogP contribution in [0.2, 0.25) is 0 Å². The number of fused-ring (bicyclic) bond motifs is 1. The number of nitrogens with zero attached hydrogens (tertiary/aromatic N) is 3. The number of anilines is 1. The number of imidazole rings is 1. The predicted octanol–water partition coefficient (Wildman–Crippen LogP) is 3.07. The zero-order valence-electron chi connectivity index (χ0n) is 17.7. The first-order valence-corrected chi connectivity index (χ1v) is 11.2. The van der Waals surface area contributed by atoms with Gasteiger partial charge in [-0.1, -0.05) is 0 Å². The van der Waals surface area contributed by atoms with Gasteiger partial charge in [0.25, 0.3) is 5.91 Å². The maximum Gasteiger partial charge on any atom is 0.251 e. The second kappa shape index (κ2) is 7.44. The molecule has 3 aromatic heterocycles. The van der Waals surface area contributed by atoms with E-state index >= 15 is 0 Å². The lowest BCUT2D eigenvalue weighted by molar-refractivity contribution is -0.0438. The van der Waals surface area contributed by atoms with Crippen LogP contribution in [-0.4, -0.2) is 51.1 Å². The van der Waals surface area contributed by atoms with Gasteiger partial charge in [-0.15, -0.1) is 0 Å². The van der Waals surface area contributed by atoms with E-state index in [1.807, 2.05) is 0 Å². The number of rotatable bonds is 5. The van der Waals surface area contributed by atoms with Crippen LogP contribution in [0.1, 0.15) is 36.0 Å². The number of alkyl halides is 1. The van der Waals surface area contributed by atoms with Crippen molar-refractivity contribution in [3.8, 4) is 11.4 Å². The van der Waals surface area contributed by atoms with Gasteiger partial charge in [-0.3, -0.25) is 9.20 Å². The van der Waals surface area contributed by atoms with Crippen LogP contribution in [0.5, 0.6) is 0 Å². The van der Waals surface area contributed by atoms with Crippen molar-refractivity contribution in [2.24, 2.45) is 5.92 Å². The first-order valence-electron chi connectivity index (χ1n) is 11.2. The average Bonchev–Trinajstić information content (AvgIpc) is 3.16. The molecule has 1 aliphatic heterocycles. The summed E-state index contributed by atoms with van der Waals surface area (Å²) >= 11 is 0. The molecule has 1 amide bonds. The Morgan fingerprint density at radius 2 is 2.03 bits per heavy atom. The number of pyridine rings is 2. The highest BCUT2D eigenvalue weighted by molar-refractivity contribution is 5.96. The second-order valence-corrected chi connectivity index (χ2v) is 9.41. The van der Waals surface area contributed by atoms with E-state index in [0.717, 1.165) is 31.2 Å². The van der Waals surface area contributed by atoms with Gasteiger partial charge >= 0.3 is 0 Å². The molecular formula is C23H23F3N6O. The Bertz CT molecular complexity index is 1240. The molecule has 3 N–H and O–H groups in total. The molecule has 3 saturated carbocycles. The van der Waals surface area contributed by atoms with Crippen molar-refractivity contribution in [3.63, 3.8) is 0 Å². The highest BCUT2D eigenvalue weighted by Gasteiger charge is 2.57. The molecule has 172 valence electrons. The molecule has 33 heavy (non-hydrogen) atoms. The summed E-state index contributed by atoms with van der Waals surface area (Å²) in [6, 6.07) is 3.34. The lowest BCUT2D eigenvalue weighted by Gasteiger charge is -2.61. The minimum absolute atomic E-state index is 0.0362. The molecule has 4 fully saturated rings. The molecule has 3 aliphatic carbocycles. The van der Waals surface area contributed by atoms with E-state index in [1.54, 1.807) is 22.7 Å². The van der Waals surface area contributed by atoms with Crippen LogP contribution in [0.4, 0.5) is 19.0 Å². The van der Waals surface area contributed by atoms with Crippen LogP contribution in [0, 0.1) is 17.6 Å². The number of piperidine rings is 1. The molecular weight excluding hydrogens is 433 g/mol.